The lowest BCUT2D eigenvalue weighted by Gasteiger charge is -2.15. The van der Waals surface area contributed by atoms with Gasteiger partial charge in [-0.15, -0.1) is 0 Å². The van der Waals surface area contributed by atoms with E-state index in [2.05, 4.69) is 5.32 Å². The quantitative estimate of drug-likeness (QED) is 0.415. The van der Waals surface area contributed by atoms with Crippen molar-refractivity contribution in [2.24, 2.45) is 0 Å². The van der Waals surface area contributed by atoms with Crippen LogP contribution >= 0.6 is 23.2 Å². The molecule has 3 amide bonds. The van der Waals surface area contributed by atoms with Gasteiger partial charge in [0.15, 0.2) is 6.61 Å². The summed E-state index contributed by atoms with van der Waals surface area (Å²) in [4.78, 5) is 50.9. The van der Waals surface area contributed by atoms with Crippen LogP contribution in [0.15, 0.2) is 60.7 Å². The SMILES string of the molecule is O=C(COC(=O)c1ccc2c(c1)C(=O)N(c1ccccc1Cl)C2=O)Nc1ccc(F)c(Cl)c1. The number of carbonyl (C=O) groups is 4. The van der Waals surface area contributed by atoms with Gasteiger partial charge < -0.3 is 10.1 Å². The van der Waals surface area contributed by atoms with E-state index in [4.69, 9.17) is 27.9 Å². The highest BCUT2D eigenvalue weighted by Crippen LogP contribution is 2.33. The molecular formula is C23H13Cl2FN2O5. The van der Waals surface area contributed by atoms with Crippen molar-refractivity contribution in [3.63, 3.8) is 0 Å². The molecule has 0 spiro atoms. The van der Waals surface area contributed by atoms with Gasteiger partial charge in [-0.3, -0.25) is 14.4 Å². The number of benzene rings is 3. The van der Waals surface area contributed by atoms with Crippen LogP contribution in [0, 0.1) is 5.82 Å². The minimum atomic E-state index is -0.874. The Balaban J connectivity index is 1.45. The smallest absolute Gasteiger partial charge is 0.338 e. The van der Waals surface area contributed by atoms with Crippen LogP contribution < -0.4 is 10.2 Å². The summed E-state index contributed by atoms with van der Waals surface area (Å²) in [6.45, 7) is -0.635. The maximum atomic E-state index is 13.2. The fraction of sp³-hybridized carbons (Fsp3) is 0.0435. The second kappa shape index (κ2) is 9.01. The third-order valence-electron chi connectivity index (χ3n) is 4.75. The van der Waals surface area contributed by atoms with Gasteiger partial charge in [-0.1, -0.05) is 35.3 Å². The second-order valence-corrected chi connectivity index (χ2v) is 7.73. The molecule has 0 aliphatic carbocycles. The number of nitrogens with zero attached hydrogens (tertiary/aromatic N) is 1. The summed E-state index contributed by atoms with van der Waals surface area (Å²) >= 11 is 11.8. The first-order valence-corrected chi connectivity index (χ1v) is 10.2. The maximum Gasteiger partial charge on any atom is 0.338 e. The van der Waals surface area contributed by atoms with Crippen LogP contribution in [0.25, 0.3) is 0 Å². The number of nitrogens with one attached hydrogen (secondary N) is 1. The Morgan fingerprint density at radius 3 is 2.36 bits per heavy atom. The van der Waals surface area contributed by atoms with Crippen molar-refractivity contribution in [3.8, 4) is 0 Å². The summed E-state index contributed by atoms with van der Waals surface area (Å²) in [5.41, 5.74) is 0.562. The number of ether oxygens (including phenoxy) is 1. The van der Waals surface area contributed by atoms with Gasteiger partial charge in [0.05, 0.1) is 32.4 Å². The normalized spacial score (nSPS) is 12.5. The zero-order valence-corrected chi connectivity index (χ0v) is 18.1. The summed E-state index contributed by atoms with van der Waals surface area (Å²) in [7, 11) is 0. The number of esters is 1. The number of carbonyl (C=O) groups excluding carboxylic acids is 4. The predicted octanol–water partition coefficient (Wildman–Crippen LogP) is 4.73. The van der Waals surface area contributed by atoms with Crippen LogP contribution in [0.4, 0.5) is 15.8 Å². The molecule has 1 heterocycles. The van der Waals surface area contributed by atoms with Crippen molar-refractivity contribution in [2.45, 2.75) is 0 Å². The van der Waals surface area contributed by atoms with E-state index < -0.39 is 36.1 Å². The maximum absolute atomic E-state index is 13.2. The van der Waals surface area contributed by atoms with Gasteiger partial charge in [-0.2, -0.15) is 0 Å². The van der Waals surface area contributed by atoms with E-state index >= 15 is 0 Å². The molecule has 0 saturated carbocycles. The number of amides is 3. The summed E-state index contributed by atoms with van der Waals surface area (Å²) < 4.78 is 18.2. The Kier molecular flexibility index (Phi) is 6.13. The molecule has 33 heavy (non-hydrogen) atoms. The van der Waals surface area contributed by atoms with Crippen molar-refractivity contribution in [2.75, 3.05) is 16.8 Å². The number of rotatable bonds is 5. The Labute approximate surface area is 196 Å². The standard InChI is InChI=1S/C23H13Cl2FN2O5/c24-16-3-1-2-4-19(16)28-21(30)14-7-5-12(9-15(14)22(28)31)23(32)33-11-20(29)27-13-6-8-18(26)17(25)10-13/h1-10H,11H2,(H,27,29). The van der Waals surface area contributed by atoms with Crippen molar-refractivity contribution in [1.82, 2.24) is 0 Å². The van der Waals surface area contributed by atoms with Crippen molar-refractivity contribution in [1.29, 1.82) is 0 Å². The average molecular weight is 487 g/mol. The topological polar surface area (TPSA) is 92.8 Å². The van der Waals surface area contributed by atoms with Crippen LogP contribution in [0.2, 0.25) is 10.0 Å². The number of anilines is 2. The predicted molar refractivity (Wildman–Crippen MR) is 119 cm³/mol. The van der Waals surface area contributed by atoms with Gasteiger partial charge in [0, 0.05) is 5.69 Å². The lowest BCUT2D eigenvalue weighted by atomic mass is 10.1. The molecular weight excluding hydrogens is 474 g/mol. The first-order valence-electron chi connectivity index (χ1n) is 9.45. The Hall–Kier alpha value is -3.75. The zero-order valence-electron chi connectivity index (χ0n) is 16.6. The minimum absolute atomic E-state index is 0.0137. The molecule has 7 nitrogen and oxygen atoms in total. The van der Waals surface area contributed by atoms with E-state index in [1.54, 1.807) is 18.2 Å². The monoisotopic (exact) mass is 486 g/mol. The Morgan fingerprint density at radius 1 is 0.909 bits per heavy atom. The molecule has 0 saturated heterocycles. The molecule has 0 fully saturated rings. The van der Waals surface area contributed by atoms with Gasteiger partial charge in [-0.05, 0) is 48.5 Å². The highest BCUT2D eigenvalue weighted by Gasteiger charge is 2.38. The molecule has 10 heteroatoms. The van der Waals surface area contributed by atoms with E-state index in [0.717, 1.165) is 11.0 Å². The van der Waals surface area contributed by atoms with Crippen LogP contribution in [0.1, 0.15) is 31.1 Å². The lowest BCUT2D eigenvalue weighted by molar-refractivity contribution is -0.119. The van der Waals surface area contributed by atoms with Crippen LogP contribution in [0.5, 0.6) is 0 Å². The molecule has 0 bridgehead atoms. The minimum Gasteiger partial charge on any atom is -0.452 e. The molecule has 166 valence electrons. The van der Waals surface area contributed by atoms with Crippen LogP contribution in [-0.2, 0) is 9.53 Å². The summed E-state index contributed by atoms with van der Waals surface area (Å²) in [6.07, 6.45) is 0. The van der Waals surface area contributed by atoms with E-state index in [-0.39, 0.29) is 38.1 Å². The average Bonchev–Trinajstić information content (AvgIpc) is 3.04. The van der Waals surface area contributed by atoms with Gasteiger partial charge in [0.25, 0.3) is 17.7 Å². The van der Waals surface area contributed by atoms with Crippen molar-refractivity contribution in [3.05, 3.63) is 93.2 Å². The van der Waals surface area contributed by atoms with Crippen LogP contribution in [0.3, 0.4) is 0 Å². The van der Waals surface area contributed by atoms with Crippen molar-refractivity contribution >= 4 is 58.3 Å². The molecule has 0 aromatic heterocycles. The van der Waals surface area contributed by atoms with E-state index in [1.807, 2.05) is 0 Å². The summed E-state index contributed by atoms with van der Waals surface area (Å²) in [5, 5.41) is 2.46. The highest BCUT2D eigenvalue weighted by molar-refractivity contribution is 6.40. The third-order valence-corrected chi connectivity index (χ3v) is 5.36. The summed E-state index contributed by atoms with van der Waals surface area (Å²) in [5.74, 6) is -3.40. The first-order chi connectivity index (χ1) is 15.8. The van der Waals surface area contributed by atoms with Gasteiger partial charge >= 0.3 is 5.97 Å². The fourth-order valence-electron chi connectivity index (χ4n) is 3.21. The highest BCUT2D eigenvalue weighted by atomic mass is 35.5. The second-order valence-electron chi connectivity index (χ2n) is 6.91. The van der Waals surface area contributed by atoms with Gasteiger partial charge in [0.1, 0.15) is 5.82 Å². The first kappa shape index (κ1) is 22.4. The molecule has 3 aromatic carbocycles. The molecule has 0 unspecified atom stereocenters. The Bertz CT molecular complexity index is 1330. The van der Waals surface area contributed by atoms with E-state index in [1.165, 1.54) is 36.4 Å². The molecule has 1 aliphatic heterocycles. The fourth-order valence-corrected chi connectivity index (χ4v) is 3.61. The van der Waals surface area contributed by atoms with E-state index in [0.29, 0.717) is 0 Å². The number of hydrogen-bond acceptors (Lipinski definition) is 5. The van der Waals surface area contributed by atoms with Crippen LogP contribution in [-0.4, -0.2) is 30.3 Å². The Morgan fingerprint density at radius 2 is 1.64 bits per heavy atom. The zero-order chi connectivity index (χ0) is 23.7. The van der Waals surface area contributed by atoms with Crippen molar-refractivity contribution < 1.29 is 28.3 Å². The largest absolute Gasteiger partial charge is 0.452 e. The van der Waals surface area contributed by atoms with Gasteiger partial charge in [0.2, 0.25) is 0 Å². The molecule has 3 aromatic rings. The molecule has 0 atom stereocenters. The van der Waals surface area contributed by atoms with E-state index in [9.17, 15) is 23.6 Å². The number of halogens is 3. The number of hydrogen-bond donors (Lipinski definition) is 1. The van der Waals surface area contributed by atoms with Gasteiger partial charge in [-0.25, -0.2) is 14.1 Å². The number of para-hydroxylation sites is 1. The molecule has 0 radical (unpaired) electrons. The third kappa shape index (κ3) is 4.44. The molecule has 1 aliphatic rings. The number of imide groups is 1. The molecule has 4 rings (SSSR count). The molecule has 1 N–H and O–H groups in total. The lowest BCUT2D eigenvalue weighted by Crippen LogP contribution is -2.29. The summed E-state index contributed by atoms with van der Waals surface area (Å²) in [6, 6.07) is 13.9. The number of fused-ring (bicyclic) bond motifs is 1.